The summed E-state index contributed by atoms with van der Waals surface area (Å²) in [6, 6.07) is 8.27. The molecule has 21 heavy (non-hydrogen) atoms. The molecule has 1 atom stereocenters. The van der Waals surface area contributed by atoms with Gasteiger partial charge >= 0.3 is 6.09 Å². The Morgan fingerprint density at radius 1 is 1.33 bits per heavy atom. The summed E-state index contributed by atoms with van der Waals surface area (Å²) in [7, 11) is 0. The average Bonchev–Trinajstić information content (AvgIpc) is 2.44. The van der Waals surface area contributed by atoms with E-state index in [0.717, 1.165) is 37.4 Å². The van der Waals surface area contributed by atoms with Crippen molar-refractivity contribution in [2.75, 3.05) is 19.6 Å². The Morgan fingerprint density at radius 3 is 2.62 bits per heavy atom. The average molecular weight is 310 g/mol. The second-order valence-corrected chi connectivity index (χ2v) is 6.20. The van der Waals surface area contributed by atoms with Gasteiger partial charge in [-0.25, -0.2) is 4.79 Å². The highest BCUT2D eigenvalue weighted by Crippen LogP contribution is 2.28. The molecule has 0 aliphatic carbocycles. The van der Waals surface area contributed by atoms with E-state index in [1.165, 1.54) is 17.3 Å². The van der Waals surface area contributed by atoms with Crippen LogP contribution in [0.4, 0.5) is 4.79 Å². The van der Waals surface area contributed by atoms with Crippen LogP contribution in [-0.4, -0.2) is 36.1 Å². The first-order valence-electron chi connectivity index (χ1n) is 7.49. The molecule has 1 unspecified atom stereocenters. The number of hydrogen-bond donors (Lipinski definition) is 1. The van der Waals surface area contributed by atoms with E-state index in [1.807, 2.05) is 13.0 Å². The molecule has 5 heteroatoms. The van der Waals surface area contributed by atoms with Crippen LogP contribution >= 0.6 is 11.8 Å². The molecule has 0 spiro atoms. The van der Waals surface area contributed by atoms with Gasteiger partial charge in [0.2, 0.25) is 0 Å². The molecule has 1 aromatic rings. The lowest BCUT2D eigenvalue weighted by atomic mass is 10.1. The van der Waals surface area contributed by atoms with Gasteiger partial charge in [0.05, 0.1) is 0 Å². The summed E-state index contributed by atoms with van der Waals surface area (Å²) in [6.07, 6.45) is 1.43. The molecule has 1 aromatic carbocycles. The zero-order chi connectivity index (χ0) is 15.7. The molecule has 4 nitrogen and oxygen atoms in total. The summed E-state index contributed by atoms with van der Waals surface area (Å²) in [5.41, 5.74) is 6.08. The van der Waals surface area contributed by atoms with E-state index < -0.39 is 6.09 Å². The van der Waals surface area contributed by atoms with Gasteiger partial charge in [-0.2, -0.15) is 0 Å². The molecule has 0 heterocycles. The zero-order valence-corrected chi connectivity index (χ0v) is 14.0. The van der Waals surface area contributed by atoms with E-state index >= 15 is 0 Å². The monoisotopic (exact) mass is 310 g/mol. The van der Waals surface area contributed by atoms with Gasteiger partial charge in [-0.3, -0.25) is 0 Å². The number of nitrogens with two attached hydrogens (primary N) is 1. The summed E-state index contributed by atoms with van der Waals surface area (Å²) < 4.78 is 4.98. The van der Waals surface area contributed by atoms with Crippen molar-refractivity contribution in [1.82, 2.24) is 4.90 Å². The number of carbonyl (C=O) groups is 1. The fourth-order valence-electron chi connectivity index (χ4n) is 2.22. The lowest BCUT2D eigenvalue weighted by molar-refractivity contribution is 0.152. The first-order chi connectivity index (χ1) is 10.1. The Labute approximate surface area is 132 Å². The Kier molecular flexibility index (Phi) is 8.23. The standard InChI is InChI=1S/C16H26N2O2S/c1-4-18(5-2)12-8-10-14-9-6-7-11-15(14)21-13(3)20-16(17)19/h6-7,9,11,13H,4-5,8,10,12H2,1-3H3,(H2,17,19). The predicted molar refractivity (Wildman–Crippen MR) is 88.5 cm³/mol. The summed E-state index contributed by atoms with van der Waals surface area (Å²) in [4.78, 5) is 14.4. The van der Waals surface area contributed by atoms with Crippen molar-refractivity contribution in [2.24, 2.45) is 5.73 Å². The smallest absolute Gasteiger partial charge is 0.405 e. The molecule has 0 saturated heterocycles. The molecule has 0 saturated carbocycles. The third-order valence-electron chi connectivity index (χ3n) is 3.36. The normalized spacial score (nSPS) is 12.4. The molecule has 0 fully saturated rings. The molecule has 0 aromatic heterocycles. The number of thioether (sulfide) groups is 1. The fraction of sp³-hybridized carbons (Fsp3) is 0.562. The largest absolute Gasteiger partial charge is 0.435 e. The fourth-order valence-corrected chi connectivity index (χ4v) is 3.20. The SMILES string of the molecule is CCN(CC)CCCc1ccccc1SC(C)OC(N)=O. The van der Waals surface area contributed by atoms with Gasteiger partial charge in [-0.1, -0.05) is 43.8 Å². The highest BCUT2D eigenvalue weighted by Gasteiger charge is 2.11. The number of hydrogen-bond acceptors (Lipinski definition) is 4. The summed E-state index contributed by atoms with van der Waals surface area (Å²) in [5.74, 6) is 0. The highest BCUT2D eigenvalue weighted by molar-refractivity contribution is 7.99. The van der Waals surface area contributed by atoms with E-state index in [9.17, 15) is 4.79 Å². The van der Waals surface area contributed by atoms with Crippen LogP contribution in [0.3, 0.4) is 0 Å². The zero-order valence-electron chi connectivity index (χ0n) is 13.2. The number of ether oxygens (including phenoxy) is 1. The number of primary amides is 1. The molecule has 2 N–H and O–H groups in total. The first kappa shape index (κ1) is 17.9. The van der Waals surface area contributed by atoms with Gasteiger partial charge in [0, 0.05) is 4.90 Å². The maximum absolute atomic E-state index is 10.8. The molecule has 0 aliphatic rings. The number of carbonyl (C=O) groups excluding carboxylic acids is 1. The van der Waals surface area contributed by atoms with Gasteiger partial charge in [0.1, 0.15) is 0 Å². The first-order valence-corrected chi connectivity index (χ1v) is 8.37. The molecular weight excluding hydrogens is 284 g/mol. The van der Waals surface area contributed by atoms with Crippen LogP contribution in [0.1, 0.15) is 32.8 Å². The number of nitrogens with zero attached hydrogens (tertiary/aromatic N) is 1. The van der Waals surface area contributed by atoms with E-state index in [2.05, 4.69) is 36.9 Å². The number of aryl methyl sites for hydroxylation is 1. The molecule has 118 valence electrons. The Bertz CT molecular complexity index is 436. The van der Waals surface area contributed by atoms with Crippen molar-refractivity contribution in [3.63, 3.8) is 0 Å². The second-order valence-electron chi connectivity index (χ2n) is 4.86. The number of amides is 1. The summed E-state index contributed by atoms with van der Waals surface area (Å²) in [5, 5.41) is 0. The van der Waals surface area contributed by atoms with Crippen LogP contribution in [0.15, 0.2) is 29.2 Å². The summed E-state index contributed by atoms with van der Waals surface area (Å²) >= 11 is 1.53. The van der Waals surface area contributed by atoms with Crippen molar-refractivity contribution in [3.05, 3.63) is 29.8 Å². The van der Waals surface area contributed by atoms with Crippen LogP contribution in [-0.2, 0) is 11.2 Å². The van der Waals surface area contributed by atoms with Crippen LogP contribution in [0.25, 0.3) is 0 Å². The molecule has 0 aliphatic heterocycles. The maximum Gasteiger partial charge on any atom is 0.405 e. The van der Waals surface area contributed by atoms with E-state index in [0.29, 0.717) is 0 Å². The quantitative estimate of drug-likeness (QED) is 0.560. The van der Waals surface area contributed by atoms with Crippen molar-refractivity contribution in [2.45, 2.75) is 43.9 Å². The van der Waals surface area contributed by atoms with Crippen LogP contribution in [0, 0.1) is 0 Å². The minimum atomic E-state index is -0.728. The van der Waals surface area contributed by atoms with E-state index in [4.69, 9.17) is 10.5 Å². The number of benzene rings is 1. The molecule has 0 bridgehead atoms. The topological polar surface area (TPSA) is 55.6 Å². The third kappa shape index (κ3) is 6.87. The Morgan fingerprint density at radius 2 is 2.00 bits per heavy atom. The number of rotatable bonds is 9. The predicted octanol–water partition coefficient (Wildman–Crippen LogP) is 3.49. The van der Waals surface area contributed by atoms with Crippen LogP contribution in [0.5, 0.6) is 0 Å². The van der Waals surface area contributed by atoms with Gasteiger partial charge in [-0.15, -0.1) is 0 Å². The Hall–Kier alpha value is -1.20. The molecule has 0 radical (unpaired) electrons. The second kappa shape index (κ2) is 9.68. The summed E-state index contributed by atoms with van der Waals surface area (Å²) in [6.45, 7) is 9.51. The minimum Gasteiger partial charge on any atom is -0.435 e. The molecule has 1 rings (SSSR count). The molecular formula is C16H26N2O2S. The minimum absolute atomic E-state index is 0.272. The maximum atomic E-state index is 10.8. The van der Waals surface area contributed by atoms with Crippen molar-refractivity contribution >= 4 is 17.9 Å². The lowest BCUT2D eigenvalue weighted by Gasteiger charge is -2.18. The van der Waals surface area contributed by atoms with Crippen molar-refractivity contribution in [1.29, 1.82) is 0 Å². The molecule has 1 amide bonds. The van der Waals surface area contributed by atoms with E-state index in [-0.39, 0.29) is 5.44 Å². The van der Waals surface area contributed by atoms with Crippen molar-refractivity contribution < 1.29 is 9.53 Å². The van der Waals surface area contributed by atoms with Crippen LogP contribution < -0.4 is 5.73 Å². The Balaban J connectivity index is 2.56. The van der Waals surface area contributed by atoms with Crippen LogP contribution in [0.2, 0.25) is 0 Å². The van der Waals surface area contributed by atoms with E-state index in [1.54, 1.807) is 0 Å². The lowest BCUT2D eigenvalue weighted by Crippen LogP contribution is -2.24. The van der Waals surface area contributed by atoms with Gasteiger partial charge in [0.25, 0.3) is 0 Å². The highest BCUT2D eigenvalue weighted by atomic mass is 32.2. The van der Waals surface area contributed by atoms with Gasteiger partial charge < -0.3 is 15.4 Å². The van der Waals surface area contributed by atoms with Gasteiger partial charge in [-0.05, 0) is 51.0 Å². The van der Waals surface area contributed by atoms with Crippen molar-refractivity contribution in [3.8, 4) is 0 Å². The third-order valence-corrected chi connectivity index (χ3v) is 4.44. The van der Waals surface area contributed by atoms with Gasteiger partial charge in [0.15, 0.2) is 5.44 Å².